The average Bonchev–Trinajstić information content (AvgIpc) is 2.30. The summed E-state index contributed by atoms with van der Waals surface area (Å²) in [5.74, 6) is 0.554. The first-order chi connectivity index (χ1) is 8.86. The van der Waals surface area contributed by atoms with Crippen molar-refractivity contribution in [1.82, 2.24) is 0 Å². The minimum Gasteiger partial charge on any atom is -0.456 e. The molecule has 0 unspecified atom stereocenters. The number of nitrogens with two attached hydrogens (primary N) is 1. The molecular formula is C13H9F3INO. The molecule has 0 radical (unpaired) electrons. The second-order valence-corrected chi connectivity index (χ2v) is 4.98. The van der Waals surface area contributed by atoms with Gasteiger partial charge in [-0.25, -0.2) is 0 Å². The number of benzene rings is 2. The van der Waals surface area contributed by atoms with Crippen LogP contribution in [0.25, 0.3) is 0 Å². The third-order valence-corrected chi connectivity index (χ3v) is 3.24. The largest absolute Gasteiger partial charge is 0.456 e. The van der Waals surface area contributed by atoms with Crippen LogP contribution in [0.2, 0.25) is 0 Å². The third kappa shape index (κ3) is 3.52. The van der Waals surface area contributed by atoms with E-state index in [0.29, 0.717) is 15.0 Å². The predicted molar refractivity (Wildman–Crippen MR) is 75.1 cm³/mol. The van der Waals surface area contributed by atoms with Gasteiger partial charge in [-0.1, -0.05) is 6.07 Å². The van der Waals surface area contributed by atoms with E-state index in [1.807, 2.05) is 22.6 Å². The van der Waals surface area contributed by atoms with E-state index >= 15 is 0 Å². The number of halogens is 4. The standard InChI is InChI=1S/C13H9F3INO/c14-13(15,16)8-4-5-11(17)12(6-8)19-10-3-1-2-9(18)7-10/h1-7H,18H2. The van der Waals surface area contributed by atoms with Gasteiger partial charge < -0.3 is 10.5 Å². The van der Waals surface area contributed by atoms with Gasteiger partial charge in [0.15, 0.2) is 0 Å². The van der Waals surface area contributed by atoms with Gasteiger partial charge in [0, 0.05) is 11.8 Å². The maximum Gasteiger partial charge on any atom is 0.416 e. The van der Waals surface area contributed by atoms with Crippen molar-refractivity contribution < 1.29 is 17.9 Å². The molecule has 0 amide bonds. The Hall–Kier alpha value is -1.44. The fraction of sp³-hybridized carbons (Fsp3) is 0.0769. The highest BCUT2D eigenvalue weighted by molar-refractivity contribution is 14.1. The summed E-state index contributed by atoms with van der Waals surface area (Å²) in [5, 5.41) is 0. The summed E-state index contributed by atoms with van der Waals surface area (Å²) in [6.45, 7) is 0. The molecule has 0 spiro atoms. The lowest BCUT2D eigenvalue weighted by atomic mass is 10.2. The molecule has 0 atom stereocenters. The fourth-order valence-electron chi connectivity index (χ4n) is 1.46. The van der Waals surface area contributed by atoms with Gasteiger partial charge in [0.2, 0.25) is 0 Å². The van der Waals surface area contributed by atoms with Crippen molar-refractivity contribution in [3.05, 3.63) is 51.6 Å². The molecule has 0 saturated carbocycles. The van der Waals surface area contributed by atoms with E-state index in [0.717, 1.165) is 12.1 Å². The number of hydrogen-bond donors (Lipinski definition) is 1. The van der Waals surface area contributed by atoms with Crippen LogP contribution >= 0.6 is 22.6 Å². The summed E-state index contributed by atoms with van der Waals surface area (Å²) in [7, 11) is 0. The lowest BCUT2D eigenvalue weighted by Crippen LogP contribution is -2.05. The van der Waals surface area contributed by atoms with Gasteiger partial charge in [-0.3, -0.25) is 0 Å². The fourth-order valence-corrected chi connectivity index (χ4v) is 1.91. The Morgan fingerprint density at radius 3 is 2.42 bits per heavy atom. The van der Waals surface area contributed by atoms with Gasteiger partial charge in [0.05, 0.1) is 9.13 Å². The summed E-state index contributed by atoms with van der Waals surface area (Å²) in [5.41, 5.74) is 5.33. The first-order valence-corrected chi connectivity index (χ1v) is 6.34. The number of rotatable bonds is 2. The van der Waals surface area contributed by atoms with Crippen molar-refractivity contribution in [3.63, 3.8) is 0 Å². The molecule has 2 nitrogen and oxygen atoms in total. The van der Waals surface area contributed by atoms with Gasteiger partial charge >= 0.3 is 6.18 Å². The van der Waals surface area contributed by atoms with Crippen LogP contribution in [0.3, 0.4) is 0 Å². The molecule has 6 heteroatoms. The number of ether oxygens (including phenoxy) is 1. The molecule has 0 aromatic heterocycles. The molecule has 19 heavy (non-hydrogen) atoms. The monoisotopic (exact) mass is 379 g/mol. The Kier molecular flexibility index (Phi) is 3.88. The Labute approximate surface area is 121 Å². The molecule has 0 aliphatic heterocycles. The maximum absolute atomic E-state index is 12.6. The van der Waals surface area contributed by atoms with Crippen LogP contribution in [0, 0.1) is 3.57 Å². The van der Waals surface area contributed by atoms with Gasteiger partial charge in [-0.2, -0.15) is 13.2 Å². The number of anilines is 1. The Morgan fingerprint density at radius 2 is 1.79 bits per heavy atom. The molecule has 0 bridgehead atoms. The number of hydrogen-bond acceptors (Lipinski definition) is 2. The van der Waals surface area contributed by atoms with E-state index < -0.39 is 11.7 Å². The van der Waals surface area contributed by atoms with Crippen LogP contribution in [0.15, 0.2) is 42.5 Å². The van der Waals surface area contributed by atoms with Crippen LogP contribution in [0.4, 0.5) is 18.9 Å². The van der Waals surface area contributed by atoms with E-state index in [9.17, 15) is 13.2 Å². The van der Waals surface area contributed by atoms with Crippen molar-refractivity contribution >= 4 is 28.3 Å². The molecule has 100 valence electrons. The summed E-state index contributed by atoms with van der Waals surface area (Å²) in [4.78, 5) is 0. The molecule has 0 aliphatic rings. The van der Waals surface area contributed by atoms with Crippen molar-refractivity contribution in [3.8, 4) is 11.5 Å². The van der Waals surface area contributed by atoms with Crippen LogP contribution in [0.5, 0.6) is 11.5 Å². The zero-order valence-corrected chi connectivity index (χ0v) is 11.7. The normalized spacial score (nSPS) is 11.4. The van der Waals surface area contributed by atoms with Gasteiger partial charge in [0.25, 0.3) is 0 Å². The van der Waals surface area contributed by atoms with Crippen molar-refractivity contribution in [2.45, 2.75) is 6.18 Å². The molecule has 0 saturated heterocycles. The molecule has 2 aromatic carbocycles. The maximum atomic E-state index is 12.6. The molecular weight excluding hydrogens is 370 g/mol. The highest BCUT2D eigenvalue weighted by atomic mass is 127. The second-order valence-electron chi connectivity index (χ2n) is 3.82. The third-order valence-electron chi connectivity index (χ3n) is 2.34. The summed E-state index contributed by atoms with van der Waals surface area (Å²) in [6.07, 6.45) is -4.39. The molecule has 2 rings (SSSR count). The molecule has 0 fully saturated rings. The first-order valence-electron chi connectivity index (χ1n) is 5.26. The Bertz CT molecular complexity index is 599. The molecule has 0 aliphatic carbocycles. The van der Waals surface area contributed by atoms with Gasteiger partial charge in [-0.15, -0.1) is 0 Å². The summed E-state index contributed by atoms with van der Waals surface area (Å²) in [6, 6.07) is 9.89. The minimum atomic E-state index is -4.39. The highest BCUT2D eigenvalue weighted by Crippen LogP contribution is 2.35. The zero-order chi connectivity index (χ0) is 14.0. The lowest BCUT2D eigenvalue weighted by molar-refractivity contribution is -0.137. The van der Waals surface area contributed by atoms with Gasteiger partial charge in [0.1, 0.15) is 11.5 Å². The van der Waals surface area contributed by atoms with Crippen LogP contribution < -0.4 is 10.5 Å². The van der Waals surface area contributed by atoms with E-state index in [4.69, 9.17) is 10.5 Å². The topological polar surface area (TPSA) is 35.2 Å². The zero-order valence-electron chi connectivity index (χ0n) is 9.54. The molecule has 2 N–H and O–H groups in total. The quantitative estimate of drug-likeness (QED) is 0.607. The van der Waals surface area contributed by atoms with Gasteiger partial charge in [-0.05, 0) is 52.9 Å². The SMILES string of the molecule is Nc1cccc(Oc2cc(C(F)(F)F)ccc2I)c1. The highest BCUT2D eigenvalue weighted by Gasteiger charge is 2.31. The van der Waals surface area contributed by atoms with E-state index in [1.54, 1.807) is 24.3 Å². The smallest absolute Gasteiger partial charge is 0.416 e. The second kappa shape index (κ2) is 5.28. The minimum absolute atomic E-state index is 0.154. The van der Waals surface area contributed by atoms with Crippen molar-refractivity contribution in [2.24, 2.45) is 0 Å². The molecule has 2 aromatic rings. The summed E-state index contributed by atoms with van der Waals surface area (Å²) < 4.78 is 43.9. The molecule has 0 heterocycles. The van der Waals surface area contributed by atoms with Crippen LogP contribution in [-0.4, -0.2) is 0 Å². The average molecular weight is 379 g/mol. The van der Waals surface area contributed by atoms with Crippen molar-refractivity contribution in [2.75, 3.05) is 5.73 Å². The van der Waals surface area contributed by atoms with Crippen molar-refractivity contribution in [1.29, 1.82) is 0 Å². The van der Waals surface area contributed by atoms with Crippen LogP contribution in [-0.2, 0) is 6.18 Å². The van der Waals surface area contributed by atoms with Crippen LogP contribution in [0.1, 0.15) is 5.56 Å². The summed E-state index contributed by atoms with van der Waals surface area (Å²) >= 11 is 1.92. The Balaban J connectivity index is 2.34. The predicted octanol–water partition coefficient (Wildman–Crippen LogP) is 4.68. The number of alkyl halides is 3. The van der Waals surface area contributed by atoms with E-state index in [-0.39, 0.29) is 5.75 Å². The van der Waals surface area contributed by atoms with E-state index in [2.05, 4.69) is 0 Å². The number of nitrogen functional groups attached to an aromatic ring is 1. The van der Waals surface area contributed by atoms with E-state index in [1.165, 1.54) is 6.07 Å². The Morgan fingerprint density at radius 1 is 1.05 bits per heavy atom. The lowest BCUT2D eigenvalue weighted by Gasteiger charge is -2.12. The first kappa shape index (κ1) is 14.0.